The molecule has 0 radical (unpaired) electrons. The second kappa shape index (κ2) is 9.82. The Hall–Kier alpha value is -1.66. The molecule has 188 valence electrons. The van der Waals surface area contributed by atoms with Gasteiger partial charge in [0.1, 0.15) is 0 Å². The molecule has 4 aromatic carbocycles. The van der Waals surface area contributed by atoms with E-state index in [0.29, 0.717) is 19.1 Å². The van der Waals surface area contributed by atoms with E-state index in [4.69, 9.17) is 0 Å². The van der Waals surface area contributed by atoms with Crippen LogP contribution in [-0.2, 0) is 20.3 Å². The van der Waals surface area contributed by atoms with Gasteiger partial charge in [0.15, 0.2) is 0 Å². The summed E-state index contributed by atoms with van der Waals surface area (Å²) in [7, 11) is 0. The molecule has 0 nitrogen and oxygen atoms in total. The van der Waals surface area contributed by atoms with E-state index in [9.17, 15) is 0 Å². The molecule has 3 heteroatoms. The van der Waals surface area contributed by atoms with Crippen molar-refractivity contribution >= 4 is 33.7 Å². The van der Waals surface area contributed by atoms with Gasteiger partial charge in [-0.3, -0.25) is 0 Å². The van der Waals surface area contributed by atoms with E-state index in [1.807, 2.05) is 0 Å². The zero-order valence-electron chi connectivity index (χ0n) is 22.1. The van der Waals surface area contributed by atoms with Crippen molar-refractivity contribution in [1.29, 1.82) is 0 Å². The average molecular weight is 605 g/mol. The molecule has 2 unspecified atom stereocenters. The van der Waals surface area contributed by atoms with E-state index in [-0.39, 0.29) is 24.8 Å². The standard InChI is InChI=1S/2C16H15.C2H4.2ClH.Zr/c2*1-11(2)14-9-13-8-7-12-5-3-4-6-15(12)16(13)10-14;1-2;;;/h2*3-11H,1-2H3;1-2H2;2*1H;/q;;;;;+2/p-2. The van der Waals surface area contributed by atoms with Gasteiger partial charge in [0.25, 0.3) is 0 Å². The Balaban J connectivity index is 0.00000140. The topological polar surface area (TPSA) is 0 Å². The van der Waals surface area contributed by atoms with Crippen molar-refractivity contribution in [1.82, 2.24) is 0 Å². The van der Waals surface area contributed by atoms with E-state index in [0.717, 1.165) is 0 Å². The Morgan fingerprint density at radius 3 is 1.35 bits per heavy atom. The molecule has 0 spiro atoms. The van der Waals surface area contributed by atoms with Gasteiger partial charge in [-0.05, 0) is 0 Å². The Morgan fingerprint density at radius 1 is 0.568 bits per heavy atom. The van der Waals surface area contributed by atoms with E-state index in [2.05, 4.69) is 113 Å². The largest absolute Gasteiger partial charge is 1.00 e. The van der Waals surface area contributed by atoms with Crippen LogP contribution in [0.25, 0.3) is 33.7 Å². The van der Waals surface area contributed by atoms with Gasteiger partial charge in [-0.2, -0.15) is 0 Å². The molecule has 3 aliphatic rings. The first-order valence-electron chi connectivity index (χ1n) is 13.5. The minimum Gasteiger partial charge on any atom is -1.00 e. The van der Waals surface area contributed by atoms with Gasteiger partial charge in [0, 0.05) is 0 Å². The van der Waals surface area contributed by atoms with Crippen LogP contribution < -0.4 is 24.8 Å². The van der Waals surface area contributed by atoms with Gasteiger partial charge in [-0.1, -0.05) is 0 Å². The second-order valence-corrected chi connectivity index (χ2v) is 23.1. The first kappa shape index (κ1) is 26.9. The molecular formula is C34H34Cl2Zr. The zero-order chi connectivity index (χ0) is 23.9. The molecule has 37 heavy (non-hydrogen) atoms. The monoisotopic (exact) mass is 602 g/mol. The molecule has 0 amide bonds. The molecule has 0 N–H and O–H groups in total. The summed E-state index contributed by atoms with van der Waals surface area (Å²) in [5, 5.41) is 5.66. The van der Waals surface area contributed by atoms with Gasteiger partial charge in [0.05, 0.1) is 0 Å². The third kappa shape index (κ3) is 3.95. The minimum atomic E-state index is -2.64. The van der Waals surface area contributed by atoms with Crippen LogP contribution in [0.3, 0.4) is 0 Å². The summed E-state index contributed by atoms with van der Waals surface area (Å²) in [5.74, 6) is 1.20. The molecule has 1 saturated heterocycles. The van der Waals surface area contributed by atoms with Crippen LogP contribution in [0.5, 0.6) is 0 Å². The van der Waals surface area contributed by atoms with Crippen LogP contribution in [0.1, 0.15) is 57.2 Å². The van der Waals surface area contributed by atoms with Crippen molar-refractivity contribution < 1.29 is 45.1 Å². The van der Waals surface area contributed by atoms with Gasteiger partial charge in [-0.25, -0.2) is 0 Å². The Bertz CT molecular complexity index is 1460. The summed E-state index contributed by atoms with van der Waals surface area (Å²) >= 11 is -2.64. The average Bonchev–Trinajstić information content (AvgIpc) is 3.38. The van der Waals surface area contributed by atoms with Crippen LogP contribution in [0.2, 0.25) is 8.26 Å². The predicted molar refractivity (Wildman–Crippen MR) is 149 cm³/mol. The molecule has 2 atom stereocenters. The van der Waals surface area contributed by atoms with Crippen molar-refractivity contribution in [2.24, 2.45) is 11.8 Å². The van der Waals surface area contributed by atoms with Crippen molar-refractivity contribution in [3.63, 3.8) is 0 Å². The molecule has 7 rings (SSSR count). The van der Waals surface area contributed by atoms with Crippen molar-refractivity contribution in [2.75, 3.05) is 0 Å². The SMILES string of the molecule is CC(C)C1=Cc2c(ccc3ccccc23)[CH]1[Zr+2]1([CH]2C(C(C)C)=Cc3c2ccc2ccccc32)[CH2][CH2]1.[Cl-].[Cl-]. The number of benzene rings is 4. The number of rotatable bonds is 4. The number of hydrogen-bond acceptors (Lipinski definition) is 0. The predicted octanol–water partition coefficient (Wildman–Crippen LogP) is 3.89. The number of fused-ring (bicyclic) bond motifs is 6. The Kier molecular flexibility index (Phi) is 7.15. The van der Waals surface area contributed by atoms with Gasteiger partial charge >= 0.3 is 215 Å². The summed E-state index contributed by atoms with van der Waals surface area (Å²) in [5.41, 5.74) is 9.87. The fraction of sp³-hybridized carbons (Fsp3) is 0.294. The maximum atomic E-state index is 2.62. The molecular weight excluding hydrogens is 571 g/mol. The van der Waals surface area contributed by atoms with E-state index >= 15 is 0 Å². The normalized spacial score (nSPS) is 19.9. The Morgan fingerprint density at radius 2 is 0.973 bits per heavy atom. The molecule has 1 aliphatic heterocycles. The molecule has 1 fully saturated rings. The van der Waals surface area contributed by atoms with Gasteiger partial charge in [0.2, 0.25) is 0 Å². The van der Waals surface area contributed by atoms with Crippen LogP contribution in [-0.4, -0.2) is 0 Å². The Labute approximate surface area is 238 Å². The van der Waals surface area contributed by atoms with Crippen molar-refractivity contribution in [3.8, 4) is 0 Å². The molecule has 0 saturated carbocycles. The molecule has 4 aromatic rings. The minimum absolute atomic E-state index is 0. The maximum absolute atomic E-state index is 2.64. The summed E-state index contributed by atoms with van der Waals surface area (Å²) < 4.78 is 4.48. The summed E-state index contributed by atoms with van der Waals surface area (Å²) in [6, 6.07) is 27.9. The molecule has 0 bridgehead atoms. The number of hydrogen-bond donors (Lipinski definition) is 0. The van der Waals surface area contributed by atoms with Crippen LogP contribution >= 0.6 is 0 Å². The first-order chi connectivity index (χ1) is 17.0. The van der Waals surface area contributed by atoms with E-state index in [1.54, 1.807) is 22.3 Å². The second-order valence-electron chi connectivity index (χ2n) is 11.8. The van der Waals surface area contributed by atoms with Gasteiger partial charge in [-0.15, -0.1) is 0 Å². The quantitative estimate of drug-likeness (QED) is 0.332. The van der Waals surface area contributed by atoms with Crippen LogP contribution in [0.15, 0.2) is 83.9 Å². The third-order valence-corrected chi connectivity index (χ3v) is 22.1. The molecule has 1 heterocycles. The third-order valence-electron chi connectivity index (χ3n) is 9.23. The fourth-order valence-corrected chi connectivity index (χ4v) is 25.6. The van der Waals surface area contributed by atoms with Crippen LogP contribution in [0.4, 0.5) is 0 Å². The van der Waals surface area contributed by atoms with Crippen molar-refractivity contribution in [3.05, 3.63) is 106 Å². The molecule has 2 aliphatic carbocycles. The number of halogens is 2. The fourth-order valence-electron chi connectivity index (χ4n) is 7.48. The first-order valence-corrected chi connectivity index (χ1v) is 19.8. The number of allylic oxidation sites excluding steroid dienone is 2. The maximum Gasteiger partial charge on any atom is -1.00 e. The summed E-state index contributed by atoms with van der Waals surface area (Å²) in [4.78, 5) is 0. The summed E-state index contributed by atoms with van der Waals surface area (Å²) in [6.45, 7) is 9.74. The summed E-state index contributed by atoms with van der Waals surface area (Å²) in [6.07, 6.45) is 5.25. The molecule has 0 aromatic heterocycles. The van der Waals surface area contributed by atoms with E-state index < -0.39 is 20.3 Å². The van der Waals surface area contributed by atoms with Crippen molar-refractivity contribution in [2.45, 2.75) is 43.2 Å². The van der Waals surface area contributed by atoms with Crippen LogP contribution in [0, 0.1) is 11.8 Å². The van der Waals surface area contributed by atoms with Gasteiger partial charge < -0.3 is 24.8 Å². The zero-order valence-corrected chi connectivity index (χ0v) is 26.0. The van der Waals surface area contributed by atoms with E-state index in [1.165, 1.54) is 40.9 Å². The smallest absolute Gasteiger partial charge is 1.00 e.